The summed E-state index contributed by atoms with van der Waals surface area (Å²) in [5, 5.41) is 88.3. The lowest BCUT2D eigenvalue weighted by molar-refractivity contribution is -0.148. The molecular weight excluding hydrogens is 1990 g/mol. The number of H-pyrrole nitrogens is 2. The molecule has 0 radical (unpaired) electrons. The van der Waals surface area contributed by atoms with Crippen LogP contribution in [-0.2, 0) is 113 Å². The Balaban J connectivity index is 0.980. The highest BCUT2D eigenvalue weighted by Crippen LogP contribution is 2.30. The molecule has 11 atom stereocenters. The molecule has 3 fully saturated rings. The number of fused-ring (bicyclic) bond motifs is 1. The van der Waals surface area contributed by atoms with Crippen molar-refractivity contribution in [2.24, 2.45) is 22.2 Å². The van der Waals surface area contributed by atoms with Gasteiger partial charge in [-0.3, -0.25) is 106 Å². The molecule has 0 saturated carbocycles. The monoisotopic (exact) mass is 2140 g/mol. The molecule has 0 spiro atoms. The van der Waals surface area contributed by atoms with E-state index in [1.54, 1.807) is 42.8 Å². The third-order valence-electron chi connectivity index (χ3n) is 25.4. The maximum absolute atomic E-state index is 15.6. The number of nitrogens with one attached hydrogen (secondary N) is 17. The summed E-state index contributed by atoms with van der Waals surface area (Å²) in [6, 6.07) is -8.79. The highest BCUT2D eigenvalue weighted by molar-refractivity contribution is 8.76. The molecule has 832 valence electrons. The van der Waals surface area contributed by atoms with Gasteiger partial charge in [-0.25, -0.2) is 5.10 Å². The number of nitrogens with zero attached hydrogens (tertiary/aromatic N) is 7. The smallest absolute Gasteiger partial charge is 0.317 e. The van der Waals surface area contributed by atoms with Gasteiger partial charge in [-0.15, -0.1) is 5.10 Å². The number of nitrogens with two attached hydrogens (primary N) is 3. The number of amides is 16. The number of carboxylic acids is 3. The quantitative estimate of drug-likeness (QED) is 0.0138. The van der Waals surface area contributed by atoms with Crippen LogP contribution in [0.15, 0.2) is 47.2 Å². The average Bonchev–Trinajstić information content (AvgIpc) is 1.64. The molecular formula is C97H153N27O24S2. The zero-order chi connectivity index (χ0) is 109. The number of unbranched alkanes of at least 4 members (excludes halogenated alkanes) is 15. The molecule has 4 aliphatic heterocycles. The van der Waals surface area contributed by atoms with E-state index in [2.05, 4.69) is 105 Å². The number of allylic oxidation sites excluding steroid dienone is 1. The van der Waals surface area contributed by atoms with Crippen LogP contribution < -0.4 is 91.6 Å². The first-order valence-electron chi connectivity index (χ1n) is 51.9. The standard InChI is InChI=1S/C97H153N27O24S2/c1-62(125)109-71-38-51-149-150-52-39-72(114-92(142)73(53-63-56-107-66-29-16-15-28-65(63)66)115-88(138)68(33-24-44-106-97(100)101)110-80(127)57-108-87(137)74(116-91(71)141)54-64-27-23-43-102-64)95(145)124-47-26-35-77(124)96(146)123-46-25-34-76(123)94(144)113-70(31-17-20-40-98)90(140)117-75(55-83(130)131)93(143)112-69(32-19-22-41-103-81(128)58-122(59-84(132)133)60-85(134)135)89(139)111-67(86(99)136)30-18-21-42-104-82(129)61-148-50-49-147-48-45-105-79(126)37-14-12-10-8-6-4-2-3-5-7-9-11-13-36-78-118-120-121-119-78/h15-16,27-29,43,56,67-77,107H,2-14,17-26,30-42,44-55,57-61,98H2,1H3,(H2,99,136)(H,103,128)(H,104,129)(H,105,126)(H,108,137)(H,109,125)(H,110,127)(H,111,139)(H,112,143)(H,113,144)(H,114,142)(H,115,138)(H,116,141)(H,117,140)(H,130,131)(H,132,133)(H,134,135)(H4,100,101,106)(H,118,119,120,121)/t67-,68-,69-,70-,71-,72-,73-,74-,75-,76-,77-/m0/s1. The number of aliphatic imine (C=N–C) groups is 1. The molecule has 16 amide bonds. The van der Waals surface area contributed by atoms with Crippen molar-refractivity contribution in [1.82, 2.24) is 115 Å². The van der Waals surface area contributed by atoms with Crippen LogP contribution >= 0.6 is 21.6 Å². The number of aromatic nitrogens is 5. The molecule has 0 aliphatic carbocycles. The maximum atomic E-state index is 15.6. The zero-order valence-corrected chi connectivity index (χ0v) is 87.1. The van der Waals surface area contributed by atoms with Crippen LogP contribution in [0, 0.1) is 5.41 Å². The van der Waals surface area contributed by atoms with Gasteiger partial charge in [0.25, 0.3) is 0 Å². The van der Waals surface area contributed by atoms with Crippen LogP contribution in [0.4, 0.5) is 0 Å². The second-order valence-corrected chi connectivity index (χ2v) is 40.2. The van der Waals surface area contributed by atoms with Crippen LogP contribution in [0.2, 0.25) is 0 Å². The Hall–Kier alpha value is -13.0. The number of aliphatic carboxylic acids is 3. The summed E-state index contributed by atoms with van der Waals surface area (Å²) < 4.78 is 11.0. The number of para-hydroxylation sites is 1. The van der Waals surface area contributed by atoms with Gasteiger partial charge in [0.1, 0.15) is 78.9 Å². The minimum absolute atomic E-state index is 0.00958. The van der Waals surface area contributed by atoms with E-state index in [9.17, 15) is 92.0 Å². The molecule has 26 N–H and O–H groups in total. The number of likely N-dealkylation sites (tertiary alicyclic amines) is 2. The highest BCUT2D eigenvalue weighted by atomic mass is 33.1. The van der Waals surface area contributed by atoms with Crippen LogP contribution in [0.3, 0.4) is 0 Å². The van der Waals surface area contributed by atoms with Gasteiger partial charge in [-0.1, -0.05) is 116 Å². The Bertz CT molecular complexity index is 4940. The summed E-state index contributed by atoms with van der Waals surface area (Å²) in [7, 11) is 2.51. The topological polar surface area (TPSA) is 766 Å². The van der Waals surface area contributed by atoms with E-state index in [0.29, 0.717) is 48.0 Å². The fraction of sp³-hybridized carbons (Fsp3) is 0.670. The van der Waals surface area contributed by atoms with Crippen molar-refractivity contribution >= 4 is 157 Å². The summed E-state index contributed by atoms with van der Waals surface area (Å²) in [6.45, 7) is -1.09. The average molecular weight is 2150 g/mol. The fourth-order valence-corrected chi connectivity index (χ4v) is 19.8. The Labute approximate surface area is 878 Å². The van der Waals surface area contributed by atoms with E-state index < -0.39 is 206 Å². The summed E-state index contributed by atoms with van der Waals surface area (Å²) in [5.74, 6) is -16.2. The maximum Gasteiger partial charge on any atom is 0.317 e. The Kier molecular flexibility index (Phi) is 57.9. The number of hydrogen-bond donors (Lipinski definition) is 23. The first kappa shape index (κ1) is 124. The molecule has 53 heteroatoms. The van der Waals surface area contributed by atoms with Gasteiger partial charge in [0.05, 0.1) is 52.4 Å². The van der Waals surface area contributed by atoms with Crippen molar-refractivity contribution in [2.45, 2.75) is 305 Å². The van der Waals surface area contributed by atoms with Crippen LogP contribution in [0.5, 0.6) is 0 Å². The van der Waals surface area contributed by atoms with Gasteiger partial charge in [-0.05, 0) is 151 Å². The molecule has 6 heterocycles. The molecule has 4 aliphatic rings. The van der Waals surface area contributed by atoms with Gasteiger partial charge >= 0.3 is 17.9 Å². The van der Waals surface area contributed by atoms with E-state index in [-0.39, 0.29) is 205 Å². The SMILES string of the molecule is CC(=O)N[C@H]1CCSSCC[C@@H](C(=O)N2CCC[C@H]2C(=O)N2CCC[C@H]2C(=O)N[C@@H](CCCCN)C(=O)N[C@@H](CC(=O)O)C(=O)N[C@@H](CCCCNC(=O)CN(CC(=O)O)CC(=O)O)C(=O)N[C@@H](CCCCNC(=O)COCCOCCNC(=O)CCCCCCCCCCCCCCCc2nnn[nH]2)C(N)=O)NC(=O)[C@H](Cc2c[nH]c3ccccc23)NC(=O)[C@H](CCCNC(=N)N)NC(=O)CNC(=O)[C@H](CC2=CCC=N2)NC1=O. The van der Waals surface area contributed by atoms with Gasteiger partial charge in [0.15, 0.2) is 5.96 Å². The number of ether oxygens (including phenoxy) is 2. The molecule has 1 aromatic carbocycles. The Morgan fingerprint density at radius 3 is 1.77 bits per heavy atom. The first-order chi connectivity index (χ1) is 72.2. The van der Waals surface area contributed by atoms with Gasteiger partial charge < -0.3 is 131 Å². The lowest BCUT2D eigenvalue weighted by atomic mass is 10.0. The zero-order valence-electron chi connectivity index (χ0n) is 85.5. The number of rotatable bonds is 66. The lowest BCUT2D eigenvalue weighted by Crippen LogP contribution is -2.60. The van der Waals surface area contributed by atoms with Crippen molar-refractivity contribution in [3.8, 4) is 0 Å². The largest absolute Gasteiger partial charge is 0.481 e. The number of guanidine groups is 1. The second kappa shape index (κ2) is 70.1. The number of hydrogen-bond acceptors (Lipinski definition) is 30. The fourth-order valence-electron chi connectivity index (χ4n) is 17.6. The van der Waals surface area contributed by atoms with Gasteiger partial charge in [0, 0.05) is 119 Å². The molecule has 51 nitrogen and oxygen atoms in total. The molecule has 2 aromatic heterocycles. The molecule has 0 unspecified atom stereocenters. The van der Waals surface area contributed by atoms with Gasteiger partial charge in [-0.2, -0.15) is 0 Å². The minimum Gasteiger partial charge on any atom is -0.481 e. The van der Waals surface area contributed by atoms with E-state index in [1.165, 1.54) is 89.7 Å². The number of tetrazole rings is 1. The predicted octanol–water partition coefficient (Wildman–Crippen LogP) is -1.12. The number of benzene rings is 1. The lowest BCUT2D eigenvalue weighted by Gasteiger charge is -2.34. The minimum atomic E-state index is -1.99. The first-order valence-corrected chi connectivity index (χ1v) is 54.4. The van der Waals surface area contributed by atoms with E-state index in [1.807, 2.05) is 0 Å². The number of aromatic amines is 2. The number of carbonyl (C=O) groups excluding carboxylic acids is 16. The third kappa shape index (κ3) is 48.3. The number of primary amides is 1. The molecule has 3 aromatic rings. The van der Waals surface area contributed by atoms with E-state index >= 15 is 14.4 Å². The summed E-state index contributed by atoms with van der Waals surface area (Å²) in [5.41, 5.74) is 19.0. The second-order valence-electron chi connectivity index (χ2n) is 37.5. The predicted molar refractivity (Wildman–Crippen MR) is 554 cm³/mol. The Morgan fingerprint density at radius 2 is 1.13 bits per heavy atom. The van der Waals surface area contributed by atoms with Crippen LogP contribution in [0.1, 0.15) is 237 Å². The number of carbonyl (C=O) groups is 19. The molecule has 0 bridgehead atoms. The van der Waals surface area contributed by atoms with Gasteiger partial charge in [0.2, 0.25) is 94.5 Å². The summed E-state index contributed by atoms with van der Waals surface area (Å²) >= 11 is 0. The normalized spacial score (nSPS) is 18.8. The van der Waals surface area contributed by atoms with Crippen molar-refractivity contribution in [3.63, 3.8) is 0 Å². The molecule has 7 rings (SSSR count). The number of aryl methyl sites for hydroxylation is 1. The van der Waals surface area contributed by atoms with Crippen LogP contribution in [-0.4, -0.2) is 357 Å². The van der Waals surface area contributed by atoms with Crippen LogP contribution in [0.25, 0.3) is 10.9 Å². The molecule has 150 heavy (non-hydrogen) atoms. The number of carboxylic acid groups (broad SMARTS) is 3. The Morgan fingerprint density at radius 1 is 0.560 bits per heavy atom. The van der Waals surface area contributed by atoms with Crippen molar-refractivity contribution in [3.05, 3.63) is 53.6 Å². The van der Waals surface area contributed by atoms with Crippen molar-refractivity contribution < 1.29 is 116 Å². The van der Waals surface area contributed by atoms with E-state index in [4.69, 9.17) is 32.1 Å². The van der Waals surface area contributed by atoms with E-state index in [0.717, 1.165) is 49.2 Å². The molecule has 3 saturated heterocycles. The van der Waals surface area contributed by atoms with Crippen molar-refractivity contribution in [2.75, 3.05) is 110 Å². The third-order valence-corrected chi connectivity index (χ3v) is 27.9. The summed E-state index contributed by atoms with van der Waals surface area (Å²) in [4.78, 5) is 272. The highest BCUT2D eigenvalue weighted by Gasteiger charge is 2.46. The van der Waals surface area contributed by atoms with Crippen molar-refractivity contribution in [1.29, 1.82) is 5.41 Å². The summed E-state index contributed by atoms with van der Waals surface area (Å²) in [6.07, 6.45) is 21.3.